The summed E-state index contributed by atoms with van der Waals surface area (Å²) in [5, 5.41) is 4.47. The lowest BCUT2D eigenvalue weighted by Gasteiger charge is -2.39. The molecule has 4 aromatic carbocycles. The zero-order chi connectivity index (χ0) is 27.8. The summed E-state index contributed by atoms with van der Waals surface area (Å²) < 4.78 is 6.02. The number of nitrogens with one attached hydrogen (secondary N) is 1. The molecule has 5 aromatic rings. The summed E-state index contributed by atoms with van der Waals surface area (Å²) >= 11 is 7.62. The summed E-state index contributed by atoms with van der Waals surface area (Å²) in [5.74, 6) is -0.858. The fraction of sp³-hybridized carbons (Fsp3) is 0.0938. The van der Waals surface area contributed by atoms with Gasteiger partial charge in [-0.2, -0.15) is 0 Å². The van der Waals surface area contributed by atoms with Gasteiger partial charge in [-0.3, -0.25) is 19.3 Å². The number of carbonyl (C=O) groups is 2. The van der Waals surface area contributed by atoms with E-state index < -0.39 is 17.9 Å². The van der Waals surface area contributed by atoms with Crippen LogP contribution in [0, 0.1) is 0 Å². The molecule has 8 heteroatoms. The number of ether oxygens (including phenoxy) is 1. The quantitative estimate of drug-likeness (QED) is 0.262. The Morgan fingerprint density at radius 1 is 0.900 bits per heavy atom. The molecular formula is C32H23ClN2O4S. The van der Waals surface area contributed by atoms with Crippen molar-refractivity contribution in [3.05, 3.63) is 135 Å². The Morgan fingerprint density at radius 3 is 2.25 bits per heavy atom. The van der Waals surface area contributed by atoms with Crippen LogP contribution in [0.2, 0.25) is 5.02 Å². The maximum Gasteiger partial charge on any atom is 0.255 e. The maximum atomic E-state index is 14.4. The zero-order valence-electron chi connectivity index (χ0n) is 21.3. The van der Waals surface area contributed by atoms with E-state index in [0.29, 0.717) is 48.2 Å². The Balaban J connectivity index is 1.63. The lowest BCUT2D eigenvalue weighted by molar-refractivity contribution is -0.120. The Labute approximate surface area is 239 Å². The molecule has 0 radical (unpaired) electrons. The van der Waals surface area contributed by atoms with Crippen molar-refractivity contribution in [1.29, 1.82) is 0 Å². The predicted molar refractivity (Wildman–Crippen MR) is 159 cm³/mol. The molecule has 0 aliphatic carbocycles. The van der Waals surface area contributed by atoms with Crippen LogP contribution in [-0.4, -0.2) is 25.0 Å². The lowest BCUT2D eigenvalue weighted by atomic mass is 9.81. The zero-order valence-corrected chi connectivity index (χ0v) is 22.9. The van der Waals surface area contributed by atoms with Crippen molar-refractivity contribution in [3.63, 3.8) is 0 Å². The van der Waals surface area contributed by atoms with Gasteiger partial charge in [0.25, 0.3) is 11.8 Å². The van der Waals surface area contributed by atoms with Gasteiger partial charge in [-0.15, -0.1) is 11.3 Å². The first kappa shape index (κ1) is 25.8. The number of halogens is 1. The van der Waals surface area contributed by atoms with E-state index in [9.17, 15) is 14.4 Å². The molecule has 2 amide bonds. The number of benzene rings is 4. The van der Waals surface area contributed by atoms with Crippen molar-refractivity contribution in [2.24, 2.45) is 0 Å². The molecule has 2 heterocycles. The van der Waals surface area contributed by atoms with E-state index in [1.165, 1.54) is 16.2 Å². The van der Waals surface area contributed by atoms with Gasteiger partial charge in [0.1, 0.15) is 16.8 Å². The average molecular weight is 567 g/mol. The highest BCUT2D eigenvalue weighted by Crippen LogP contribution is 2.46. The van der Waals surface area contributed by atoms with Crippen LogP contribution in [0.1, 0.15) is 27.4 Å². The highest BCUT2D eigenvalue weighted by molar-refractivity contribution is 7.22. The molecule has 40 heavy (non-hydrogen) atoms. The topological polar surface area (TPSA) is 75.7 Å². The van der Waals surface area contributed by atoms with Gasteiger partial charge in [0.2, 0.25) is 0 Å². The molecule has 0 spiro atoms. The van der Waals surface area contributed by atoms with Gasteiger partial charge in [0.15, 0.2) is 5.43 Å². The second kappa shape index (κ2) is 10.6. The molecule has 0 saturated heterocycles. The third kappa shape index (κ3) is 4.53. The van der Waals surface area contributed by atoms with E-state index >= 15 is 0 Å². The molecule has 1 N–H and O–H groups in total. The number of amides is 2. The summed E-state index contributed by atoms with van der Waals surface area (Å²) in [4.78, 5) is 43.7. The van der Waals surface area contributed by atoms with Crippen molar-refractivity contribution in [1.82, 2.24) is 5.32 Å². The fourth-order valence-electron chi connectivity index (χ4n) is 5.11. The minimum absolute atomic E-state index is 0.214. The highest BCUT2D eigenvalue weighted by atomic mass is 35.5. The van der Waals surface area contributed by atoms with Gasteiger partial charge in [-0.05, 0) is 60.2 Å². The number of anilines is 2. The van der Waals surface area contributed by atoms with Crippen LogP contribution >= 0.6 is 22.9 Å². The standard InChI is InChI=1S/C32H23ClN2O4S/c1-39-23-15-12-19(13-16-23)26-27-29(36)24-17-14-21(33)18-25(24)40-32(27)35(22-10-6-3-7-11-22)31(38)28(26)34-30(37)20-8-4-2-5-9-20/h2-18,26,28H,1H3,(H,34,37)/t26-,28-/m1/s1. The first-order valence-electron chi connectivity index (χ1n) is 12.6. The van der Waals surface area contributed by atoms with Crippen molar-refractivity contribution in [2.45, 2.75) is 12.0 Å². The molecule has 1 aliphatic rings. The fourth-order valence-corrected chi connectivity index (χ4v) is 6.63. The Kier molecular flexibility index (Phi) is 6.84. The maximum absolute atomic E-state index is 14.4. The number of methoxy groups -OCH3 is 1. The normalized spacial score (nSPS) is 16.4. The van der Waals surface area contributed by atoms with E-state index in [2.05, 4.69) is 5.32 Å². The molecule has 0 fully saturated rings. The molecule has 1 aliphatic heterocycles. The van der Waals surface area contributed by atoms with Crippen LogP contribution in [-0.2, 0) is 4.79 Å². The number of nitrogens with zero attached hydrogens (tertiary/aromatic N) is 1. The van der Waals surface area contributed by atoms with Gasteiger partial charge < -0.3 is 10.1 Å². The molecule has 0 saturated carbocycles. The number of carbonyl (C=O) groups excluding carboxylic acids is 2. The first-order chi connectivity index (χ1) is 19.5. The van der Waals surface area contributed by atoms with Crippen LogP contribution in [0.3, 0.4) is 0 Å². The van der Waals surface area contributed by atoms with Gasteiger partial charge >= 0.3 is 0 Å². The molecular weight excluding hydrogens is 544 g/mol. The third-order valence-electron chi connectivity index (χ3n) is 7.02. The van der Waals surface area contributed by atoms with E-state index in [0.717, 1.165) is 0 Å². The van der Waals surface area contributed by atoms with Crippen molar-refractivity contribution >= 4 is 55.5 Å². The van der Waals surface area contributed by atoms with Crippen LogP contribution in [0.5, 0.6) is 5.75 Å². The van der Waals surface area contributed by atoms with Crippen molar-refractivity contribution in [2.75, 3.05) is 12.0 Å². The Hall–Kier alpha value is -4.46. The number of para-hydroxylation sites is 1. The molecule has 0 bridgehead atoms. The van der Waals surface area contributed by atoms with E-state index in [1.807, 2.05) is 48.5 Å². The molecule has 2 atom stereocenters. The summed E-state index contributed by atoms with van der Waals surface area (Å²) in [5.41, 5.74) is 1.94. The molecule has 198 valence electrons. The Bertz CT molecular complexity index is 1790. The third-order valence-corrected chi connectivity index (χ3v) is 8.40. The minimum atomic E-state index is -1.06. The smallest absolute Gasteiger partial charge is 0.255 e. The molecule has 6 nitrogen and oxygen atoms in total. The minimum Gasteiger partial charge on any atom is -0.497 e. The molecule has 0 unspecified atom stereocenters. The van der Waals surface area contributed by atoms with Crippen LogP contribution in [0.15, 0.2) is 108 Å². The number of hydrogen-bond acceptors (Lipinski definition) is 5. The summed E-state index contributed by atoms with van der Waals surface area (Å²) in [6.45, 7) is 0. The first-order valence-corrected chi connectivity index (χ1v) is 13.8. The van der Waals surface area contributed by atoms with Gasteiger partial charge in [-0.1, -0.05) is 60.1 Å². The molecule has 1 aromatic heterocycles. The van der Waals surface area contributed by atoms with Gasteiger partial charge in [-0.25, -0.2) is 0 Å². The SMILES string of the molecule is COc1ccc([C@@H]2c3c(sc4cc(Cl)ccc4c3=O)N(c3ccccc3)C(=O)[C@@H]2NC(=O)c2ccccc2)cc1. The van der Waals surface area contributed by atoms with Crippen LogP contribution in [0.25, 0.3) is 10.1 Å². The summed E-state index contributed by atoms with van der Waals surface area (Å²) in [6, 6.07) is 29.2. The van der Waals surface area contributed by atoms with Crippen LogP contribution < -0.4 is 20.4 Å². The number of rotatable bonds is 5. The van der Waals surface area contributed by atoms with Gasteiger partial charge in [0, 0.05) is 37.8 Å². The molecule has 6 rings (SSSR count). The second-order valence-electron chi connectivity index (χ2n) is 9.37. The highest BCUT2D eigenvalue weighted by Gasteiger charge is 2.45. The summed E-state index contributed by atoms with van der Waals surface area (Å²) in [6.07, 6.45) is 0. The number of fused-ring (bicyclic) bond motifs is 2. The van der Waals surface area contributed by atoms with E-state index in [4.69, 9.17) is 16.3 Å². The van der Waals surface area contributed by atoms with Gasteiger partial charge in [0.05, 0.1) is 7.11 Å². The monoisotopic (exact) mass is 566 g/mol. The predicted octanol–water partition coefficient (Wildman–Crippen LogP) is 6.53. The number of hydrogen-bond donors (Lipinski definition) is 1. The van der Waals surface area contributed by atoms with E-state index in [-0.39, 0.29) is 11.3 Å². The van der Waals surface area contributed by atoms with Crippen molar-refractivity contribution < 1.29 is 14.3 Å². The van der Waals surface area contributed by atoms with E-state index in [1.54, 1.807) is 61.7 Å². The average Bonchev–Trinajstić information content (AvgIpc) is 2.99. The second-order valence-corrected chi connectivity index (χ2v) is 10.8. The largest absolute Gasteiger partial charge is 0.497 e. The lowest BCUT2D eigenvalue weighted by Crippen LogP contribution is -2.54. The van der Waals surface area contributed by atoms with Crippen molar-refractivity contribution in [3.8, 4) is 5.75 Å². The Morgan fingerprint density at radius 2 is 1.57 bits per heavy atom. The summed E-state index contributed by atoms with van der Waals surface area (Å²) in [7, 11) is 1.57. The van der Waals surface area contributed by atoms with Crippen LogP contribution in [0.4, 0.5) is 10.7 Å².